The Bertz CT molecular complexity index is 1230. The van der Waals surface area contributed by atoms with Gasteiger partial charge >= 0.3 is 0 Å². The van der Waals surface area contributed by atoms with Crippen LogP contribution >= 0.6 is 11.3 Å². The maximum absolute atomic E-state index is 12.4. The van der Waals surface area contributed by atoms with Gasteiger partial charge < -0.3 is 10.6 Å². The lowest BCUT2D eigenvalue weighted by molar-refractivity contribution is -0.115. The summed E-state index contributed by atoms with van der Waals surface area (Å²) in [5.74, 6) is -0.438. The van der Waals surface area contributed by atoms with Crippen LogP contribution in [0, 0.1) is 0 Å². The van der Waals surface area contributed by atoms with Gasteiger partial charge in [-0.15, -0.1) is 11.3 Å². The van der Waals surface area contributed by atoms with Crippen LogP contribution in [0.25, 0.3) is 16.7 Å². The number of amides is 2. The molecular weight excluding hydrogens is 408 g/mol. The molecule has 0 atom stereocenters. The Morgan fingerprint density at radius 3 is 2.68 bits per heavy atom. The first-order valence-corrected chi connectivity index (χ1v) is 11.2. The molecular formula is C24H22N4O2S. The maximum Gasteiger partial charge on any atom is 0.261 e. The number of benzene rings is 2. The summed E-state index contributed by atoms with van der Waals surface area (Å²) >= 11 is 1.55. The number of fused-ring (bicyclic) bond motifs is 2. The molecule has 2 heterocycles. The Balaban J connectivity index is 1.19. The van der Waals surface area contributed by atoms with Crippen molar-refractivity contribution in [3.8, 4) is 5.69 Å². The molecule has 1 aliphatic rings. The summed E-state index contributed by atoms with van der Waals surface area (Å²) in [5.41, 5.74) is 4.89. The van der Waals surface area contributed by atoms with Gasteiger partial charge in [-0.2, -0.15) is 0 Å². The zero-order chi connectivity index (χ0) is 21.2. The van der Waals surface area contributed by atoms with Gasteiger partial charge in [0.2, 0.25) is 5.91 Å². The van der Waals surface area contributed by atoms with Crippen molar-refractivity contribution in [1.29, 1.82) is 0 Å². The highest BCUT2D eigenvalue weighted by molar-refractivity contribution is 7.14. The molecule has 0 fully saturated rings. The lowest BCUT2D eigenvalue weighted by atomic mass is 9.99. The highest BCUT2D eigenvalue weighted by Gasteiger charge is 2.17. The first-order valence-electron chi connectivity index (χ1n) is 10.4. The average molecular weight is 431 g/mol. The van der Waals surface area contributed by atoms with E-state index in [1.54, 1.807) is 17.7 Å². The normalized spacial score (nSPS) is 13.0. The molecule has 156 valence electrons. The van der Waals surface area contributed by atoms with Crippen molar-refractivity contribution >= 4 is 39.9 Å². The highest BCUT2D eigenvalue weighted by atomic mass is 32.1. The quantitative estimate of drug-likeness (QED) is 0.495. The third-order valence-corrected chi connectivity index (χ3v) is 6.75. The Labute approximate surface area is 183 Å². The second kappa shape index (κ2) is 8.35. The molecule has 2 aromatic carbocycles. The van der Waals surface area contributed by atoms with Crippen LogP contribution in [-0.2, 0) is 17.6 Å². The van der Waals surface area contributed by atoms with Gasteiger partial charge in [0.05, 0.1) is 22.5 Å². The Kier molecular flexibility index (Phi) is 5.26. The smallest absolute Gasteiger partial charge is 0.261 e. The van der Waals surface area contributed by atoms with E-state index >= 15 is 0 Å². The molecule has 0 spiro atoms. The van der Waals surface area contributed by atoms with Gasteiger partial charge in [0, 0.05) is 16.3 Å². The first-order chi connectivity index (χ1) is 15.2. The number of thiophene rings is 1. The third kappa shape index (κ3) is 4.09. The summed E-state index contributed by atoms with van der Waals surface area (Å²) in [6.07, 6.45) is 6.26. The number of para-hydroxylation sites is 2. The summed E-state index contributed by atoms with van der Waals surface area (Å²) in [7, 11) is 0. The van der Waals surface area contributed by atoms with Crippen molar-refractivity contribution < 1.29 is 9.59 Å². The fraction of sp³-hybridized carbons (Fsp3) is 0.208. The maximum atomic E-state index is 12.4. The van der Waals surface area contributed by atoms with Crippen molar-refractivity contribution in [2.75, 3.05) is 11.9 Å². The second-order valence-electron chi connectivity index (χ2n) is 7.65. The zero-order valence-corrected chi connectivity index (χ0v) is 17.7. The SMILES string of the molecule is O=C(CNC(=O)c1cc2c(s1)CCCC2)Nc1ccc(-n2cnc3ccccc32)cc1. The van der Waals surface area contributed by atoms with Crippen LogP contribution in [0.15, 0.2) is 60.9 Å². The molecule has 31 heavy (non-hydrogen) atoms. The van der Waals surface area contributed by atoms with Gasteiger partial charge in [-0.05, 0) is 73.7 Å². The lowest BCUT2D eigenvalue weighted by Crippen LogP contribution is -2.32. The third-order valence-electron chi connectivity index (χ3n) is 5.51. The molecule has 7 heteroatoms. The number of aromatic nitrogens is 2. The van der Waals surface area contributed by atoms with E-state index in [2.05, 4.69) is 15.6 Å². The number of aryl methyl sites for hydroxylation is 2. The molecule has 0 aliphatic heterocycles. The van der Waals surface area contributed by atoms with Crippen LogP contribution in [0.4, 0.5) is 5.69 Å². The molecule has 2 amide bonds. The van der Waals surface area contributed by atoms with E-state index in [-0.39, 0.29) is 18.4 Å². The predicted octanol–water partition coefficient (Wildman–Crippen LogP) is 4.33. The minimum absolute atomic E-state index is 0.0602. The van der Waals surface area contributed by atoms with Crippen LogP contribution in [0.2, 0.25) is 0 Å². The average Bonchev–Trinajstić information content (AvgIpc) is 3.42. The monoisotopic (exact) mass is 430 g/mol. The van der Waals surface area contributed by atoms with Crippen molar-refractivity contribution in [2.45, 2.75) is 25.7 Å². The van der Waals surface area contributed by atoms with Gasteiger partial charge in [0.25, 0.3) is 5.91 Å². The Hall–Kier alpha value is -3.45. The number of hydrogen-bond acceptors (Lipinski definition) is 4. The largest absolute Gasteiger partial charge is 0.342 e. The van der Waals surface area contributed by atoms with Crippen LogP contribution in [0.1, 0.15) is 33.0 Å². The van der Waals surface area contributed by atoms with Gasteiger partial charge in [0.15, 0.2) is 0 Å². The standard InChI is InChI=1S/C24H22N4O2S/c29-23(14-25-24(30)22-13-16-5-1-4-8-21(16)31-22)27-17-9-11-18(12-10-17)28-15-26-19-6-2-3-7-20(19)28/h2-3,6-7,9-13,15H,1,4-5,8,14H2,(H,25,30)(H,27,29). The summed E-state index contributed by atoms with van der Waals surface area (Å²) in [5, 5.41) is 5.56. The van der Waals surface area contributed by atoms with E-state index in [0.29, 0.717) is 10.6 Å². The number of imidazole rings is 1. The van der Waals surface area contributed by atoms with Crippen molar-refractivity contribution in [1.82, 2.24) is 14.9 Å². The van der Waals surface area contributed by atoms with Gasteiger partial charge in [0.1, 0.15) is 6.33 Å². The Morgan fingerprint density at radius 1 is 1.03 bits per heavy atom. The molecule has 5 rings (SSSR count). The molecule has 2 aromatic heterocycles. The van der Waals surface area contributed by atoms with E-state index in [1.165, 1.54) is 23.3 Å². The molecule has 0 unspecified atom stereocenters. The number of carbonyl (C=O) groups excluding carboxylic acids is 2. The molecule has 1 aliphatic carbocycles. The molecule has 2 N–H and O–H groups in total. The van der Waals surface area contributed by atoms with Crippen LogP contribution in [0.3, 0.4) is 0 Å². The minimum Gasteiger partial charge on any atom is -0.342 e. The Morgan fingerprint density at radius 2 is 1.84 bits per heavy atom. The predicted molar refractivity (Wildman–Crippen MR) is 123 cm³/mol. The van der Waals surface area contributed by atoms with Gasteiger partial charge in [-0.3, -0.25) is 14.2 Å². The molecule has 0 saturated heterocycles. The topological polar surface area (TPSA) is 76.0 Å². The molecule has 0 saturated carbocycles. The summed E-state index contributed by atoms with van der Waals surface area (Å²) in [4.78, 5) is 31.1. The van der Waals surface area contributed by atoms with Gasteiger partial charge in [-0.1, -0.05) is 12.1 Å². The lowest BCUT2D eigenvalue weighted by Gasteiger charge is -2.08. The molecule has 4 aromatic rings. The zero-order valence-electron chi connectivity index (χ0n) is 16.9. The molecule has 0 bridgehead atoms. The highest BCUT2D eigenvalue weighted by Crippen LogP contribution is 2.29. The number of hydrogen-bond donors (Lipinski definition) is 2. The molecule has 6 nitrogen and oxygen atoms in total. The van der Waals surface area contributed by atoms with Crippen molar-refractivity contribution in [2.24, 2.45) is 0 Å². The number of rotatable bonds is 5. The van der Waals surface area contributed by atoms with E-state index in [1.807, 2.05) is 59.2 Å². The molecule has 0 radical (unpaired) electrons. The van der Waals surface area contributed by atoms with Crippen LogP contribution < -0.4 is 10.6 Å². The van der Waals surface area contributed by atoms with E-state index in [9.17, 15) is 9.59 Å². The van der Waals surface area contributed by atoms with Gasteiger partial charge in [-0.25, -0.2) is 4.98 Å². The van der Waals surface area contributed by atoms with E-state index < -0.39 is 0 Å². The second-order valence-corrected chi connectivity index (χ2v) is 8.78. The number of anilines is 1. The number of nitrogens with zero attached hydrogens (tertiary/aromatic N) is 2. The first kappa shape index (κ1) is 19.5. The van der Waals surface area contributed by atoms with E-state index in [4.69, 9.17) is 0 Å². The fourth-order valence-electron chi connectivity index (χ4n) is 3.93. The summed E-state index contributed by atoms with van der Waals surface area (Å²) in [6, 6.07) is 17.5. The van der Waals surface area contributed by atoms with Crippen LogP contribution in [-0.4, -0.2) is 27.9 Å². The number of carbonyl (C=O) groups is 2. The van der Waals surface area contributed by atoms with Crippen LogP contribution in [0.5, 0.6) is 0 Å². The fourth-order valence-corrected chi connectivity index (χ4v) is 5.10. The summed E-state index contributed by atoms with van der Waals surface area (Å²) in [6.45, 7) is -0.0602. The van der Waals surface area contributed by atoms with Crippen molar-refractivity contribution in [3.63, 3.8) is 0 Å². The summed E-state index contributed by atoms with van der Waals surface area (Å²) < 4.78 is 2.00. The van der Waals surface area contributed by atoms with E-state index in [0.717, 1.165) is 29.6 Å². The van der Waals surface area contributed by atoms with Crippen molar-refractivity contribution in [3.05, 3.63) is 76.2 Å². The minimum atomic E-state index is -0.254. The number of nitrogens with one attached hydrogen (secondary N) is 2.